The van der Waals surface area contributed by atoms with Crippen LogP contribution in [0.4, 0.5) is 0 Å². The first-order valence-corrected chi connectivity index (χ1v) is 6.57. The largest absolute Gasteiger partial charge is 0.360 e. The van der Waals surface area contributed by atoms with Gasteiger partial charge >= 0.3 is 0 Å². The zero-order chi connectivity index (χ0) is 12.3. The Morgan fingerprint density at radius 3 is 3.18 bits per heavy atom. The second kappa shape index (κ2) is 5.30. The Morgan fingerprint density at radius 1 is 1.71 bits per heavy atom. The standard InChI is InChI=1S/C9H10N4O2S2/c1-5-3-16-9(11-5)17-4-6-2-7(13-15-6)8(14)12-10/h2-3H,4,10H2,1H3,(H,12,14). The molecular weight excluding hydrogens is 260 g/mol. The first kappa shape index (κ1) is 12.1. The van der Waals surface area contributed by atoms with Gasteiger partial charge < -0.3 is 4.52 Å². The second-order valence-electron chi connectivity index (χ2n) is 3.20. The van der Waals surface area contributed by atoms with E-state index in [1.807, 2.05) is 17.7 Å². The van der Waals surface area contributed by atoms with Crippen molar-refractivity contribution in [3.8, 4) is 0 Å². The molecule has 0 bridgehead atoms. The first-order valence-electron chi connectivity index (χ1n) is 4.70. The van der Waals surface area contributed by atoms with Crippen LogP contribution >= 0.6 is 23.1 Å². The number of thioether (sulfide) groups is 1. The summed E-state index contributed by atoms with van der Waals surface area (Å²) in [6, 6.07) is 1.57. The van der Waals surface area contributed by atoms with Gasteiger partial charge in [0.15, 0.2) is 10.0 Å². The average Bonchev–Trinajstić information content (AvgIpc) is 2.94. The van der Waals surface area contributed by atoms with Gasteiger partial charge in [-0.05, 0) is 6.92 Å². The summed E-state index contributed by atoms with van der Waals surface area (Å²) in [5.74, 6) is 5.72. The summed E-state index contributed by atoms with van der Waals surface area (Å²) in [6.45, 7) is 1.94. The maximum atomic E-state index is 11.1. The maximum Gasteiger partial charge on any atom is 0.287 e. The summed E-state index contributed by atoms with van der Waals surface area (Å²) in [7, 11) is 0. The van der Waals surface area contributed by atoms with Crippen LogP contribution in [0.5, 0.6) is 0 Å². The number of hydrogen-bond donors (Lipinski definition) is 2. The molecule has 0 aliphatic carbocycles. The molecule has 17 heavy (non-hydrogen) atoms. The number of amides is 1. The van der Waals surface area contributed by atoms with E-state index in [2.05, 4.69) is 10.1 Å². The first-order chi connectivity index (χ1) is 8.19. The molecule has 0 aliphatic rings. The summed E-state index contributed by atoms with van der Waals surface area (Å²) >= 11 is 3.11. The van der Waals surface area contributed by atoms with Crippen LogP contribution < -0.4 is 11.3 Å². The molecule has 2 heterocycles. The van der Waals surface area contributed by atoms with Gasteiger partial charge in [-0.25, -0.2) is 10.8 Å². The normalized spacial score (nSPS) is 10.5. The summed E-state index contributed by atoms with van der Waals surface area (Å²) in [4.78, 5) is 15.4. The van der Waals surface area contributed by atoms with Crippen LogP contribution in [0.1, 0.15) is 21.9 Å². The minimum absolute atomic E-state index is 0.179. The van der Waals surface area contributed by atoms with Crippen LogP contribution in [0, 0.1) is 6.92 Å². The number of nitrogens with two attached hydrogens (primary N) is 1. The molecule has 0 unspecified atom stereocenters. The topological polar surface area (TPSA) is 94.0 Å². The molecule has 8 heteroatoms. The Labute approximate surface area is 106 Å². The molecule has 0 radical (unpaired) electrons. The zero-order valence-electron chi connectivity index (χ0n) is 8.97. The van der Waals surface area contributed by atoms with Gasteiger partial charge in [-0.3, -0.25) is 10.2 Å². The van der Waals surface area contributed by atoms with E-state index < -0.39 is 5.91 Å². The smallest absolute Gasteiger partial charge is 0.287 e. The van der Waals surface area contributed by atoms with Crippen LogP contribution in [0.2, 0.25) is 0 Å². The molecule has 2 rings (SSSR count). The number of aryl methyl sites for hydroxylation is 1. The van der Waals surface area contributed by atoms with Crippen molar-refractivity contribution in [1.29, 1.82) is 0 Å². The third-order valence-corrected chi connectivity index (χ3v) is 4.02. The predicted molar refractivity (Wildman–Crippen MR) is 64.6 cm³/mol. The number of nitrogens with one attached hydrogen (secondary N) is 1. The number of nitrogen functional groups attached to an aromatic ring is 1. The van der Waals surface area contributed by atoms with Crippen molar-refractivity contribution in [2.75, 3.05) is 0 Å². The highest BCUT2D eigenvalue weighted by Crippen LogP contribution is 2.26. The molecule has 1 amide bonds. The van der Waals surface area contributed by atoms with Crippen molar-refractivity contribution in [1.82, 2.24) is 15.6 Å². The predicted octanol–water partition coefficient (Wildman–Crippen LogP) is 1.34. The van der Waals surface area contributed by atoms with Crippen LogP contribution in [0.15, 0.2) is 20.3 Å². The second-order valence-corrected chi connectivity index (χ2v) is 5.28. The lowest BCUT2D eigenvalue weighted by Gasteiger charge is -1.91. The molecule has 0 spiro atoms. The van der Waals surface area contributed by atoms with Gasteiger partial charge in [-0.15, -0.1) is 11.3 Å². The quantitative estimate of drug-likeness (QED) is 0.377. The Bertz CT molecular complexity index is 523. The third-order valence-electron chi connectivity index (χ3n) is 1.86. The van der Waals surface area contributed by atoms with E-state index in [0.717, 1.165) is 10.0 Å². The molecule has 0 saturated heterocycles. The van der Waals surface area contributed by atoms with Crippen LogP contribution in [0.25, 0.3) is 0 Å². The highest BCUT2D eigenvalue weighted by molar-refractivity contribution is 8.00. The summed E-state index contributed by atoms with van der Waals surface area (Å²) in [5.41, 5.74) is 3.17. The fourth-order valence-electron chi connectivity index (χ4n) is 1.09. The molecule has 2 aromatic heterocycles. The lowest BCUT2D eigenvalue weighted by Crippen LogP contribution is -2.30. The molecule has 2 aromatic rings. The number of carbonyl (C=O) groups is 1. The van der Waals surface area contributed by atoms with Gasteiger partial charge in [0, 0.05) is 17.1 Å². The van der Waals surface area contributed by atoms with Gasteiger partial charge in [0.05, 0.1) is 5.75 Å². The number of aromatic nitrogens is 2. The van der Waals surface area contributed by atoms with Crippen molar-refractivity contribution < 1.29 is 9.32 Å². The van der Waals surface area contributed by atoms with E-state index in [4.69, 9.17) is 10.4 Å². The Kier molecular flexibility index (Phi) is 3.77. The van der Waals surface area contributed by atoms with Crippen molar-refractivity contribution in [2.45, 2.75) is 17.0 Å². The van der Waals surface area contributed by atoms with Crippen LogP contribution in [-0.4, -0.2) is 16.0 Å². The number of hydrazine groups is 1. The van der Waals surface area contributed by atoms with E-state index >= 15 is 0 Å². The van der Waals surface area contributed by atoms with Crippen molar-refractivity contribution >= 4 is 29.0 Å². The average molecular weight is 270 g/mol. The molecule has 0 aromatic carbocycles. The number of thiazole rings is 1. The fraction of sp³-hybridized carbons (Fsp3) is 0.222. The van der Waals surface area contributed by atoms with Crippen LogP contribution in [0.3, 0.4) is 0 Å². The van der Waals surface area contributed by atoms with Crippen LogP contribution in [-0.2, 0) is 5.75 Å². The Hall–Kier alpha value is -1.38. The lowest BCUT2D eigenvalue weighted by molar-refractivity contribution is 0.0944. The summed E-state index contributed by atoms with van der Waals surface area (Å²) in [6.07, 6.45) is 0. The Balaban J connectivity index is 1.95. The number of rotatable bonds is 4. The third kappa shape index (κ3) is 3.05. The highest BCUT2D eigenvalue weighted by Gasteiger charge is 2.11. The number of nitrogens with zero attached hydrogens (tertiary/aromatic N) is 2. The molecule has 6 nitrogen and oxygen atoms in total. The lowest BCUT2D eigenvalue weighted by atomic mass is 10.4. The Morgan fingerprint density at radius 2 is 2.53 bits per heavy atom. The summed E-state index contributed by atoms with van der Waals surface area (Å²) in [5, 5.41) is 5.59. The van der Waals surface area contributed by atoms with E-state index in [-0.39, 0.29) is 5.69 Å². The monoisotopic (exact) mass is 270 g/mol. The highest BCUT2D eigenvalue weighted by atomic mass is 32.2. The molecule has 0 atom stereocenters. The molecule has 0 aliphatic heterocycles. The minimum Gasteiger partial charge on any atom is -0.360 e. The SMILES string of the molecule is Cc1csc(SCc2cc(C(=O)NN)no2)n1. The van der Waals surface area contributed by atoms with E-state index in [0.29, 0.717) is 11.5 Å². The van der Waals surface area contributed by atoms with Crippen molar-refractivity contribution in [2.24, 2.45) is 5.84 Å². The van der Waals surface area contributed by atoms with Gasteiger partial charge in [0.2, 0.25) is 0 Å². The molecule has 90 valence electrons. The van der Waals surface area contributed by atoms with Gasteiger partial charge in [-0.1, -0.05) is 16.9 Å². The van der Waals surface area contributed by atoms with E-state index in [1.54, 1.807) is 17.4 Å². The van der Waals surface area contributed by atoms with Crippen molar-refractivity contribution in [3.63, 3.8) is 0 Å². The maximum absolute atomic E-state index is 11.1. The number of carbonyl (C=O) groups excluding carboxylic acids is 1. The van der Waals surface area contributed by atoms with E-state index in [1.165, 1.54) is 11.8 Å². The molecule has 3 N–H and O–H groups in total. The summed E-state index contributed by atoms with van der Waals surface area (Å²) < 4.78 is 5.97. The van der Waals surface area contributed by atoms with E-state index in [9.17, 15) is 4.79 Å². The fourth-order valence-corrected chi connectivity index (χ4v) is 2.82. The minimum atomic E-state index is -0.463. The van der Waals surface area contributed by atoms with Gasteiger partial charge in [0.1, 0.15) is 5.76 Å². The zero-order valence-corrected chi connectivity index (χ0v) is 10.6. The van der Waals surface area contributed by atoms with Gasteiger partial charge in [0.25, 0.3) is 5.91 Å². The van der Waals surface area contributed by atoms with Gasteiger partial charge in [-0.2, -0.15) is 0 Å². The molecular formula is C9H10N4O2S2. The van der Waals surface area contributed by atoms with Crippen molar-refractivity contribution in [3.05, 3.63) is 28.6 Å². The molecule has 0 saturated carbocycles. The molecule has 0 fully saturated rings. The number of hydrogen-bond acceptors (Lipinski definition) is 7.